The summed E-state index contributed by atoms with van der Waals surface area (Å²) in [7, 11) is 3.91. The molecule has 1 aliphatic rings. The quantitative estimate of drug-likeness (QED) is 0.607. The van der Waals surface area contributed by atoms with Crippen molar-refractivity contribution in [2.45, 2.75) is 33.1 Å². The van der Waals surface area contributed by atoms with Gasteiger partial charge in [-0.05, 0) is 0 Å². The van der Waals surface area contributed by atoms with Crippen molar-refractivity contribution >= 4 is 33.3 Å². The molecule has 1 aliphatic heterocycles. The van der Waals surface area contributed by atoms with Crippen molar-refractivity contribution in [1.29, 1.82) is 0 Å². The highest BCUT2D eigenvalue weighted by Crippen LogP contribution is 2.36. The van der Waals surface area contributed by atoms with E-state index in [0.717, 1.165) is 0 Å². The van der Waals surface area contributed by atoms with Crippen LogP contribution in [0.25, 0.3) is 0 Å². The van der Waals surface area contributed by atoms with E-state index in [1.165, 1.54) is 29.4 Å². The van der Waals surface area contributed by atoms with E-state index >= 15 is 0 Å². The van der Waals surface area contributed by atoms with E-state index in [1.807, 2.05) is 33.3 Å². The largest absolute Gasteiger partial charge is 0.138 e. The van der Waals surface area contributed by atoms with Gasteiger partial charge >= 0.3 is 0 Å². The van der Waals surface area contributed by atoms with Gasteiger partial charge in [0.05, 0.1) is 10.2 Å². The summed E-state index contributed by atoms with van der Waals surface area (Å²) in [6.07, 6.45) is 4.08. The molecule has 0 N–H and O–H groups in total. The van der Waals surface area contributed by atoms with Gasteiger partial charge in [-0.2, -0.15) is 0 Å². The molecule has 3 heteroatoms. The molecule has 0 nitrogen and oxygen atoms in total. The number of hydrogen-bond donors (Lipinski definition) is 0. The van der Waals surface area contributed by atoms with Crippen LogP contribution in [0.4, 0.5) is 0 Å². The van der Waals surface area contributed by atoms with Crippen molar-refractivity contribution in [2.75, 3.05) is 10.2 Å². The Bertz CT molecular complexity index is 43.2. The van der Waals surface area contributed by atoms with Crippen LogP contribution in [0.5, 0.6) is 0 Å². The minimum absolute atomic E-state index is 1.30. The molecule has 62 valence electrons. The fourth-order valence-corrected chi connectivity index (χ4v) is 4.95. The highest BCUT2D eigenvalue weighted by atomic mass is 33.1. The second-order valence-corrected chi connectivity index (χ2v) is 6.21. The first-order valence-corrected chi connectivity index (χ1v) is 7.38. The van der Waals surface area contributed by atoms with Crippen LogP contribution < -0.4 is 0 Å². The van der Waals surface area contributed by atoms with Gasteiger partial charge in [-0.15, -0.1) is 11.8 Å². The van der Waals surface area contributed by atoms with Gasteiger partial charge in [-0.1, -0.05) is 54.7 Å². The van der Waals surface area contributed by atoms with E-state index in [-0.39, 0.29) is 0 Å². The molecule has 1 fully saturated rings. The van der Waals surface area contributed by atoms with Gasteiger partial charge < -0.3 is 0 Å². The topological polar surface area (TPSA) is 0 Å². The molecular formula is C7H16S3. The second-order valence-electron chi connectivity index (χ2n) is 2.03. The maximum Gasteiger partial charge on any atom is 0.0505 e. The van der Waals surface area contributed by atoms with Crippen LogP contribution >= 0.6 is 33.3 Å². The number of hydrogen-bond acceptors (Lipinski definition) is 3. The Balaban J connectivity index is 0.000000162. The molecule has 0 saturated carbocycles. The van der Waals surface area contributed by atoms with Crippen LogP contribution in [0.2, 0.25) is 0 Å². The zero-order chi connectivity index (χ0) is 7.66. The smallest absolute Gasteiger partial charge is 0.0505 e. The minimum atomic E-state index is 1.30. The van der Waals surface area contributed by atoms with Crippen molar-refractivity contribution in [3.8, 4) is 0 Å². The predicted octanol–water partition coefficient (Wildman–Crippen LogP) is 4.23. The van der Waals surface area contributed by atoms with Gasteiger partial charge in [-0.25, -0.2) is 0 Å². The first-order chi connectivity index (χ1) is 4.91. The summed E-state index contributed by atoms with van der Waals surface area (Å²) in [6, 6.07) is 0. The lowest BCUT2D eigenvalue weighted by Gasteiger charge is -1.79. The molecule has 1 rings (SSSR count). The third kappa shape index (κ3) is 9.05. The van der Waals surface area contributed by atoms with Gasteiger partial charge in [0.2, 0.25) is 0 Å². The van der Waals surface area contributed by atoms with E-state index in [2.05, 4.69) is 13.8 Å². The van der Waals surface area contributed by atoms with Crippen LogP contribution in [0, 0.1) is 0 Å². The maximum absolute atomic E-state index is 2.21. The average molecular weight is 196 g/mol. The first kappa shape index (κ1) is 11.1. The van der Waals surface area contributed by atoms with Crippen LogP contribution in [-0.2, 0) is 0 Å². The molecule has 0 aromatic carbocycles. The minimum Gasteiger partial charge on any atom is -0.138 e. The van der Waals surface area contributed by atoms with E-state index in [1.54, 1.807) is 0 Å². The molecule has 0 bridgehead atoms. The molecule has 0 aromatic rings. The molecule has 0 spiro atoms. The monoisotopic (exact) mass is 196 g/mol. The molecule has 10 heavy (non-hydrogen) atoms. The standard InChI is InChI=1S/C5H12.C2H4S3/c1-3-5-4-2;1-3-2-5-4-1/h3-5H2,1-2H3;1-2H2. The fraction of sp³-hybridized carbons (Fsp3) is 1.00. The van der Waals surface area contributed by atoms with E-state index in [9.17, 15) is 0 Å². The van der Waals surface area contributed by atoms with Gasteiger partial charge in [0, 0.05) is 0 Å². The summed E-state index contributed by atoms with van der Waals surface area (Å²) < 4.78 is 0. The van der Waals surface area contributed by atoms with Gasteiger partial charge in [-0.3, -0.25) is 0 Å². The molecule has 0 aliphatic carbocycles. The van der Waals surface area contributed by atoms with Gasteiger partial charge in [0.1, 0.15) is 0 Å². The lowest BCUT2D eigenvalue weighted by molar-refractivity contribution is 0.772. The molecule has 0 atom stereocenters. The van der Waals surface area contributed by atoms with Crippen molar-refractivity contribution in [3.63, 3.8) is 0 Å². The highest BCUT2D eigenvalue weighted by Gasteiger charge is 1.96. The molecule has 0 unspecified atom stereocenters. The Morgan fingerprint density at radius 2 is 1.50 bits per heavy atom. The third-order valence-corrected chi connectivity index (χ3v) is 5.56. The summed E-state index contributed by atoms with van der Waals surface area (Å²) in [4.78, 5) is 0. The van der Waals surface area contributed by atoms with Gasteiger partial charge in [0.15, 0.2) is 0 Å². The fourth-order valence-electron chi connectivity index (χ4n) is 0.524. The average Bonchev–Trinajstić information content (AvgIpc) is 2.44. The molecule has 1 saturated heterocycles. The van der Waals surface area contributed by atoms with Crippen LogP contribution in [0.3, 0.4) is 0 Å². The Morgan fingerprint density at radius 1 is 1.00 bits per heavy atom. The SMILES string of the molecule is C1SCSS1.CCCCC. The molecule has 0 radical (unpaired) electrons. The van der Waals surface area contributed by atoms with Crippen molar-refractivity contribution in [3.05, 3.63) is 0 Å². The molecular weight excluding hydrogens is 180 g/mol. The lowest BCUT2D eigenvalue weighted by Crippen LogP contribution is -1.59. The van der Waals surface area contributed by atoms with E-state index in [0.29, 0.717) is 0 Å². The Labute approximate surface area is 76.7 Å². The van der Waals surface area contributed by atoms with Crippen molar-refractivity contribution in [2.24, 2.45) is 0 Å². The summed E-state index contributed by atoms with van der Waals surface area (Å²) in [6.45, 7) is 4.42. The Kier molecular flexibility index (Phi) is 11.1. The van der Waals surface area contributed by atoms with Crippen molar-refractivity contribution < 1.29 is 0 Å². The molecule has 1 heterocycles. The summed E-state index contributed by atoms with van der Waals surface area (Å²) in [5.41, 5.74) is 0. The second kappa shape index (κ2) is 10.0. The number of unbranched alkanes of at least 4 members (excludes halogenated alkanes) is 2. The molecule has 0 amide bonds. The zero-order valence-corrected chi connectivity index (χ0v) is 9.21. The predicted molar refractivity (Wildman–Crippen MR) is 57.7 cm³/mol. The van der Waals surface area contributed by atoms with E-state index in [4.69, 9.17) is 0 Å². The maximum atomic E-state index is 2.21. The van der Waals surface area contributed by atoms with Crippen LogP contribution in [0.1, 0.15) is 33.1 Å². The highest BCUT2D eigenvalue weighted by molar-refractivity contribution is 8.82. The summed E-state index contributed by atoms with van der Waals surface area (Å²) >= 11 is 2.00. The Morgan fingerprint density at radius 3 is 1.60 bits per heavy atom. The van der Waals surface area contributed by atoms with Crippen molar-refractivity contribution in [1.82, 2.24) is 0 Å². The number of thioether (sulfide) groups is 1. The van der Waals surface area contributed by atoms with Crippen LogP contribution in [0.15, 0.2) is 0 Å². The molecule has 0 aromatic heterocycles. The van der Waals surface area contributed by atoms with E-state index < -0.39 is 0 Å². The third-order valence-electron chi connectivity index (χ3n) is 1.05. The summed E-state index contributed by atoms with van der Waals surface area (Å²) in [5, 5.41) is 2.59. The normalized spacial score (nSPS) is 16.2. The first-order valence-electron chi connectivity index (χ1n) is 3.74. The summed E-state index contributed by atoms with van der Waals surface area (Å²) in [5.74, 6) is 0. The van der Waals surface area contributed by atoms with Gasteiger partial charge in [0.25, 0.3) is 0 Å². The zero-order valence-electron chi connectivity index (χ0n) is 6.76. The Hall–Kier alpha value is 1.05. The lowest BCUT2D eigenvalue weighted by atomic mass is 10.3. The number of rotatable bonds is 2. The van der Waals surface area contributed by atoms with Crippen LogP contribution in [-0.4, -0.2) is 10.2 Å².